The fraction of sp³-hybridized carbons (Fsp3) is 0.409. The first-order valence-corrected chi connectivity index (χ1v) is 11.7. The van der Waals surface area contributed by atoms with E-state index in [4.69, 9.17) is 4.74 Å². The quantitative estimate of drug-likeness (QED) is 0.696. The Kier molecular flexibility index (Phi) is 6.79. The number of piperidine rings is 1. The van der Waals surface area contributed by atoms with Gasteiger partial charge in [-0.3, -0.25) is 9.10 Å². The Morgan fingerprint density at radius 2 is 1.69 bits per heavy atom. The lowest BCUT2D eigenvalue weighted by Gasteiger charge is -2.33. The van der Waals surface area contributed by atoms with Crippen LogP contribution in [0, 0.1) is 12.8 Å². The molecule has 1 saturated heterocycles. The zero-order valence-corrected chi connectivity index (χ0v) is 17.8. The van der Waals surface area contributed by atoms with Gasteiger partial charge in [-0.25, -0.2) is 8.42 Å². The highest BCUT2D eigenvalue weighted by molar-refractivity contribution is 7.92. The molecule has 6 nitrogen and oxygen atoms in total. The molecular formula is C22H28N2O4S. The number of likely N-dealkylation sites (tertiary alicyclic amines) is 1. The second-order valence-corrected chi connectivity index (χ2v) is 9.41. The maximum absolute atomic E-state index is 12.8. The van der Waals surface area contributed by atoms with Crippen molar-refractivity contribution in [1.82, 2.24) is 4.90 Å². The number of anilines is 1. The van der Waals surface area contributed by atoms with Crippen molar-refractivity contribution in [1.29, 1.82) is 0 Å². The number of carbonyl (C=O) groups is 1. The average molecular weight is 417 g/mol. The van der Waals surface area contributed by atoms with Gasteiger partial charge in [-0.2, -0.15) is 0 Å². The van der Waals surface area contributed by atoms with Crippen molar-refractivity contribution in [2.24, 2.45) is 5.92 Å². The molecule has 0 saturated carbocycles. The van der Waals surface area contributed by atoms with E-state index in [-0.39, 0.29) is 12.5 Å². The van der Waals surface area contributed by atoms with Gasteiger partial charge in [0.25, 0.3) is 0 Å². The topological polar surface area (TPSA) is 66.9 Å². The Labute approximate surface area is 173 Å². The van der Waals surface area contributed by atoms with Crippen LogP contribution in [-0.2, 0) is 14.8 Å². The molecule has 0 N–H and O–H groups in total. The molecule has 0 radical (unpaired) electrons. The lowest BCUT2D eigenvalue weighted by Crippen LogP contribution is -2.46. The summed E-state index contributed by atoms with van der Waals surface area (Å²) in [4.78, 5) is 14.6. The normalized spacial score (nSPS) is 15.2. The zero-order valence-electron chi connectivity index (χ0n) is 17.0. The number of hydrogen-bond acceptors (Lipinski definition) is 4. The van der Waals surface area contributed by atoms with Crippen molar-refractivity contribution in [2.75, 3.05) is 36.8 Å². The zero-order chi connectivity index (χ0) is 20.9. The van der Waals surface area contributed by atoms with Crippen LogP contribution in [0.25, 0.3) is 0 Å². The maximum Gasteiger partial charge on any atom is 0.243 e. The largest absolute Gasteiger partial charge is 0.493 e. The van der Waals surface area contributed by atoms with E-state index in [0.29, 0.717) is 31.3 Å². The highest BCUT2D eigenvalue weighted by Crippen LogP contribution is 2.24. The monoisotopic (exact) mass is 416 g/mol. The molecule has 0 aromatic heterocycles. The molecule has 2 aromatic rings. The molecule has 29 heavy (non-hydrogen) atoms. The minimum absolute atomic E-state index is 0.166. The third kappa shape index (κ3) is 5.73. The number of rotatable bonds is 7. The highest BCUT2D eigenvalue weighted by Gasteiger charge is 2.28. The van der Waals surface area contributed by atoms with E-state index in [0.717, 1.165) is 30.4 Å². The Morgan fingerprint density at radius 3 is 2.31 bits per heavy atom. The summed E-state index contributed by atoms with van der Waals surface area (Å²) in [5.41, 5.74) is 1.37. The SMILES string of the molecule is Cc1ccccc1N(CC(=O)N1CCC(COc2ccccc2)CC1)S(C)(=O)=O. The summed E-state index contributed by atoms with van der Waals surface area (Å²) < 4.78 is 31.7. The van der Waals surface area contributed by atoms with Crippen LogP contribution in [-0.4, -0.2) is 51.7 Å². The number of benzene rings is 2. The second kappa shape index (κ2) is 9.31. The summed E-state index contributed by atoms with van der Waals surface area (Å²) >= 11 is 0. The van der Waals surface area contributed by atoms with Gasteiger partial charge >= 0.3 is 0 Å². The number of nitrogens with zero attached hydrogens (tertiary/aromatic N) is 2. The predicted molar refractivity (Wildman–Crippen MR) is 115 cm³/mol. The molecule has 1 heterocycles. The second-order valence-electron chi connectivity index (χ2n) is 7.50. The Hall–Kier alpha value is -2.54. The Balaban J connectivity index is 1.56. The summed E-state index contributed by atoms with van der Waals surface area (Å²) in [7, 11) is -3.56. The lowest BCUT2D eigenvalue weighted by atomic mass is 9.98. The van der Waals surface area contributed by atoms with Crippen LogP contribution >= 0.6 is 0 Å². The molecular weight excluding hydrogens is 388 g/mol. The van der Waals surface area contributed by atoms with Crippen molar-refractivity contribution < 1.29 is 17.9 Å². The van der Waals surface area contributed by atoms with E-state index in [9.17, 15) is 13.2 Å². The number of ether oxygens (including phenoxy) is 1. The predicted octanol–water partition coefficient (Wildman–Crippen LogP) is 3.08. The molecule has 0 unspecified atom stereocenters. The van der Waals surface area contributed by atoms with Crippen molar-refractivity contribution >= 4 is 21.6 Å². The molecule has 1 amide bonds. The first-order valence-electron chi connectivity index (χ1n) is 9.83. The standard InChI is InChI=1S/C22H28N2O4S/c1-18-8-6-7-11-21(18)24(29(2,26)27)16-22(25)23-14-12-19(13-15-23)17-28-20-9-4-3-5-10-20/h3-11,19H,12-17H2,1-2H3. The molecule has 1 aliphatic rings. The number of aryl methyl sites for hydroxylation is 1. The first-order chi connectivity index (χ1) is 13.8. The van der Waals surface area contributed by atoms with Crippen LogP contribution in [0.1, 0.15) is 18.4 Å². The first kappa shape index (κ1) is 21.2. The molecule has 3 rings (SSSR count). The number of hydrogen-bond donors (Lipinski definition) is 0. The van der Waals surface area contributed by atoms with Gasteiger partial charge in [-0.15, -0.1) is 0 Å². The molecule has 0 atom stereocenters. The van der Waals surface area contributed by atoms with Gasteiger partial charge < -0.3 is 9.64 Å². The van der Waals surface area contributed by atoms with Crippen molar-refractivity contribution in [3.8, 4) is 5.75 Å². The van der Waals surface area contributed by atoms with Gasteiger partial charge in [0.05, 0.1) is 18.6 Å². The molecule has 0 aliphatic carbocycles. The van der Waals surface area contributed by atoms with Crippen molar-refractivity contribution in [3.05, 3.63) is 60.2 Å². The summed E-state index contributed by atoms with van der Waals surface area (Å²) in [6, 6.07) is 16.9. The minimum Gasteiger partial charge on any atom is -0.493 e. The summed E-state index contributed by atoms with van der Waals surface area (Å²) in [6.45, 7) is 3.54. The van der Waals surface area contributed by atoms with E-state index in [2.05, 4.69) is 0 Å². The average Bonchev–Trinajstić information content (AvgIpc) is 2.71. The molecule has 0 spiro atoms. The number of amides is 1. The van der Waals surface area contributed by atoms with E-state index < -0.39 is 10.0 Å². The molecule has 0 bridgehead atoms. The number of para-hydroxylation sites is 2. The van der Waals surface area contributed by atoms with Gasteiger partial charge in [0.15, 0.2) is 0 Å². The smallest absolute Gasteiger partial charge is 0.243 e. The Morgan fingerprint density at radius 1 is 1.07 bits per heavy atom. The molecule has 7 heteroatoms. The van der Waals surface area contributed by atoms with Crippen molar-refractivity contribution in [2.45, 2.75) is 19.8 Å². The van der Waals surface area contributed by atoms with E-state index in [1.807, 2.05) is 49.4 Å². The van der Waals surface area contributed by atoms with E-state index in [1.54, 1.807) is 17.0 Å². The number of carbonyl (C=O) groups excluding carboxylic acids is 1. The van der Waals surface area contributed by atoms with Crippen LogP contribution in [0.5, 0.6) is 5.75 Å². The summed E-state index contributed by atoms with van der Waals surface area (Å²) in [5, 5.41) is 0. The van der Waals surface area contributed by atoms with Crippen molar-refractivity contribution in [3.63, 3.8) is 0 Å². The van der Waals surface area contributed by atoms with Crippen LogP contribution < -0.4 is 9.04 Å². The van der Waals surface area contributed by atoms with Crippen LogP contribution in [0.3, 0.4) is 0 Å². The molecule has 156 valence electrons. The highest BCUT2D eigenvalue weighted by atomic mass is 32.2. The number of sulfonamides is 1. The summed E-state index contributed by atoms with van der Waals surface area (Å²) in [6.07, 6.45) is 2.84. The fourth-order valence-corrected chi connectivity index (χ4v) is 4.43. The fourth-order valence-electron chi connectivity index (χ4n) is 3.53. The van der Waals surface area contributed by atoms with Gasteiger partial charge in [0, 0.05) is 13.1 Å². The third-order valence-electron chi connectivity index (χ3n) is 5.26. The molecule has 2 aromatic carbocycles. The van der Waals surface area contributed by atoms with Crippen LogP contribution in [0.2, 0.25) is 0 Å². The Bertz CT molecular complexity index is 923. The molecule has 1 fully saturated rings. The lowest BCUT2D eigenvalue weighted by molar-refractivity contribution is -0.131. The van der Waals surface area contributed by atoms with Crippen LogP contribution in [0.15, 0.2) is 54.6 Å². The van der Waals surface area contributed by atoms with E-state index >= 15 is 0 Å². The minimum atomic E-state index is -3.56. The van der Waals surface area contributed by atoms with Gasteiger partial charge in [-0.1, -0.05) is 36.4 Å². The van der Waals surface area contributed by atoms with Gasteiger partial charge in [-0.05, 0) is 49.4 Å². The van der Waals surface area contributed by atoms with Gasteiger partial charge in [0.1, 0.15) is 12.3 Å². The third-order valence-corrected chi connectivity index (χ3v) is 6.39. The summed E-state index contributed by atoms with van der Waals surface area (Å²) in [5.74, 6) is 1.08. The van der Waals surface area contributed by atoms with Gasteiger partial charge in [0.2, 0.25) is 15.9 Å². The maximum atomic E-state index is 12.8. The van der Waals surface area contributed by atoms with Crippen LogP contribution in [0.4, 0.5) is 5.69 Å². The molecule has 1 aliphatic heterocycles. The van der Waals surface area contributed by atoms with E-state index in [1.165, 1.54) is 4.31 Å².